The van der Waals surface area contributed by atoms with Crippen LogP contribution in [-0.4, -0.2) is 43.3 Å². The summed E-state index contributed by atoms with van der Waals surface area (Å²) < 4.78 is 1.99. The fourth-order valence-electron chi connectivity index (χ4n) is 3.32. The zero-order valence-corrected chi connectivity index (χ0v) is 16.7. The molecule has 4 rings (SSSR count). The molecular formula is C19H21ClN4O2S. The standard InChI is InChI=1S/C19H21ClN4O2S/c1-23-16(12-5-6-12)21-22-19(23)27-15-4-2-3-11-24(18(15)26)17(25)13-7-9-14(20)10-8-13/h7-10,12,15H,2-6,11H2,1H3/t15-/m1/s1. The first-order valence-electron chi connectivity index (χ1n) is 9.22. The number of carbonyl (C=O) groups excluding carboxylic acids is 2. The monoisotopic (exact) mass is 404 g/mol. The van der Waals surface area contributed by atoms with E-state index >= 15 is 0 Å². The van der Waals surface area contributed by atoms with Gasteiger partial charge in [0.15, 0.2) is 5.16 Å². The van der Waals surface area contributed by atoms with E-state index in [-0.39, 0.29) is 17.1 Å². The zero-order valence-electron chi connectivity index (χ0n) is 15.1. The Morgan fingerprint density at radius 2 is 1.89 bits per heavy atom. The topological polar surface area (TPSA) is 68.1 Å². The number of nitrogens with zero attached hydrogens (tertiary/aromatic N) is 4. The highest BCUT2D eigenvalue weighted by molar-refractivity contribution is 8.00. The first-order chi connectivity index (χ1) is 13.0. The first kappa shape index (κ1) is 18.5. The molecule has 27 heavy (non-hydrogen) atoms. The van der Waals surface area contributed by atoms with Crippen LogP contribution in [0.25, 0.3) is 0 Å². The summed E-state index contributed by atoms with van der Waals surface area (Å²) in [6.07, 6.45) is 4.76. The van der Waals surface area contributed by atoms with Gasteiger partial charge in [-0.15, -0.1) is 10.2 Å². The molecule has 2 aliphatic rings. The quantitative estimate of drug-likeness (QED) is 0.727. The number of rotatable bonds is 4. The molecule has 1 saturated heterocycles. The number of thioether (sulfide) groups is 1. The van der Waals surface area contributed by atoms with E-state index in [1.54, 1.807) is 24.3 Å². The van der Waals surface area contributed by atoms with Crippen LogP contribution in [0.2, 0.25) is 5.02 Å². The maximum atomic E-state index is 13.1. The summed E-state index contributed by atoms with van der Waals surface area (Å²) in [6, 6.07) is 6.66. The van der Waals surface area contributed by atoms with Crippen molar-refractivity contribution in [3.63, 3.8) is 0 Å². The maximum absolute atomic E-state index is 13.1. The summed E-state index contributed by atoms with van der Waals surface area (Å²) in [6.45, 7) is 0.448. The van der Waals surface area contributed by atoms with Crippen LogP contribution in [0, 0.1) is 0 Å². The first-order valence-corrected chi connectivity index (χ1v) is 10.5. The van der Waals surface area contributed by atoms with E-state index in [0.29, 0.717) is 23.0 Å². The number of benzene rings is 1. The van der Waals surface area contributed by atoms with Crippen LogP contribution in [-0.2, 0) is 11.8 Å². The van der Waals surface area contributed by atoms with Gasteiger partial charge >= 0.3 is 0 Å². The van der Waals surface area contributed by atoms with Crippen molar-refractivity contribution in [3.8, 4) is 0 Å². The number of carbonyl (C=O) groups is 2. The number of hydrogen-bond acceptors (Lipinski definition) is 5. The summed E-state index contributed by atoms with van der Waals surface area (Å²) in [5.41, 5.74) is 0.480. The van der Waals surface area contributed by atoms with Gasteiger partial charge in [-0.2, -0.15) is 0 Å². The molecule has 1 saturated carbocycles. The Hall–Kier alpha value is -1.86. The molecule has 2 amide bonds. The molecule has 142 valence electrons. The van der Waals surface area contributed by atoms with Gasteiger partial charge in [-0.25, -0.2) is 0 Å². The highest BCUT2D eigenvalue weighted by Crippen LogP contribution is 2.40. The van der Waals surface area contributed by atoms with E-state index in [1.165, 1.54) is 16.7 Å². The van der Waals surface area contributed by atoms with E-state index in [9.17, 15) is 9.59 Å². The minimum Gasteiger partial charge on any atom is -0.309 e. The Bertz CT molecular complexity index is 863. The number of halogens is 1. The normalized spacial score (nSPS) is 20.6. The number of aromatic nitrogens is 3. The van der Waals surface area contributed by atoms with Crippen molar-refractivity contribution in [2.75, 3.05) is 6.54 Å². The average molecular weight is 405 g/mol. The van der Waals surface area contributed by atoms with Gasteiger partial charge in [0, 0.05) is 30.1 Å². The van der Waals surface area contributed by atoms with Gasteiger partial charge in [0.05, 0.1) is 5.25 Å². The SMILES string of the molecule is Cn1c(S[C@@H]2CCCCN(C(=O)c3ccc(Cl)cc3)C2=O)nnc1C1CC1. The predicted octanol–water partition coefficient (Wildman–Crippen LogP) is 3.66. The van der Waals surface area contributed by atoms with Gasteiger partial charge < -0.3 is 4.57 Å². The van der Waals surface area contributed by atoms with E-state index in [1.807, 2.05) is 11.6 Å². The molecule has 8 heteroatoms. The van der Waals surface area contributed by atoms with Crippen LogP contribution >= 0.6 is 23.4 Å². The summed E-state index contributed by atoms with van der Waals surface area (Å²) in [4.78, 5) is 27.3. The van der Waals surface area contributed by atoms with Crippen LogP contribution in [0.15, 0.2) is 29.4 Å². The van der Waals surface area contributed by atoms with Crippen molar-refractivity contribution in [3.05, 3.63) is 40.7 Å². The number of hydrogen-bond donors (Lipinski definition) is 0. The van der Waals surface area contributed by atoms with Gasteiger partial charge in [0.2, 0.25) is 5.91 Å². The molecule has 2 aromatic rings. The lowest BCUT2D eigenvalue weighted by molar-refractivity contribution is -0.127. The molecule has 1 aliphatic heterocycles. The second-order valence-electron chi connectivity index (χ2n) is 7.08. The largest absolute Gasteiger partial charge is 0.309 e. The van der Waals surface area contributed by atoms with Gasteiger partial charge in [-0.3, -0.25) is 14.5 Å². The molecule has 1 aliphatic carbocycles. The van der Waals surface area contributed by atoms with Crippen molar-refractivity contribution < 1.29 is 9.59 Å². The zero-order chi connectivity index (χ0) is 19.0. The molecule has 1 aromatic heterocycles. The van der Waals surface area contributed by atoms with E-state index in [4.69, 9.17) is 11.6 Å². The summed E-state index contributed by atoms with van der Waals surface area (Å²) in [5.74, 6) is 1.09. The van der Waals surface area contributed by atoms with E-state index < -0.39 is 0 Å². The Morgan fingerprint density at radius 3 is 2.59 bits per heavy atom. The highest BCUT2D eigenvalue weighted by Gasteiger charge is 2.34. The molecule has 1 aromatic carbocycles. The molecule has 1 atom stereocenters. The van der Waals surface area contributed by atoms with Crippen molar-refractivity contribution in [2.24, 2.45) is 7.05 Å². The number of likely N-dealkylation sites (tertiary alicyclic amines) is 1. The van der Waals surface area contributed by atoms with Crippen molar-refractivity contribution >= 4 is 35.2 Å². The van der Waals surface area contributed by atoms with E-state index in [0.717, 1.165) is 43.1 Å². The van der Waals surface area contributed by atoms with Crippen LogP contribution in [0.4, 0.5) is 0 Å². The molecule has 0 radical (unpaired) electrons. The smallest absolute Gasteiger partial charge is 0.260 e. The van der Waals surface area contributed by atoms with Crippen LogP contribution in [0.1, 0.15) is 54.2 Å². The highest BCUT2D eigenvalue weighted by atomic mass is 35.5. The lowest BCUT2D eigenvalue weighted by Crippen LogP contribution is -2.41. The molecule has 0 spiro atoms. The van der Waals surface area contributed by atoms with Crippen molar-refractivity contribution in [1.82, 2.24) is 19.7 Å². The van der Waals surface area contributed by atoms with Gasteiger partial charge in [0.1, 0.15) is 5.82 Å². The second-order valence-corrected chi connectivity index (χ2v) is 8.68. The van der Waals surface area contributed by atoms with Crippen LogP contribution < -0.4 is 0 Å². The van der Waals surface area contributed by atoms with E-state index in [2.05, 4.69) is 10.2 Å². The number of amides is 2. The average Bonchev–Trinajstić information content (AvgIpc) is 3.46. The summed E-state index contributed by atoms with van der Waals surface area (Å²) >= 11 is 7.33. The second kappa shape index (κ2) is 7.64. The molecule has 6 nitrogen and oxygen atoms in total. The molecule has 0 N–H and O–H groups in total. The lowest BCUT2D eigenvalue weighted by atomic mass is 10.2. The Labute approximate surface area is 167 Å². The Morgan fingerprint density at radius 1 is 1.15 bits per heavy atom. The lowest BCUT2D eigenvalue weighted by Gasteiger charge is -2.22. The molecule has 2 heterocycles. The Kier molecular flexibility index (Phi) is 5.23. The van der Waals surface area contributed by atoms with Crippen LogP contribution in [0.3, 0.4) is 0 Å². The third-order valence-corrected chi connectivity index (χ3v) is 6.57. The van der Waals surface area contributed by atoms with Gasteiger partial charge in [0.25, 0.3) is 5.91 Å². The predicted molar refractivity (Wildman–Crippen MR) is 104 cm³/mol. The van der Waals surface area contributed by atoms with Crippen molar-refractivity contribution in [1.29, 1.82) is 0 Å². The minimum atomic E-state index is -0.321. The molecule has 0 unspecified atom stereocenters. The maximum Gasteiger partial charge on any atom is 0.260 e. The van der Waals surface area contributed by atoms with Crippen molar-refractivity contribution in [2.45, 2.75) is 48.4 Å². The third kappa shape index (κ3) is 3.89. The molecular weight excluding hydrogens is 384 g/mol. The summed E-state index contributed by atoms with van der Waals surface area (Å²) in [7, 11) is 1.95. The Balaban J connectivity index is 1.52. The molecule has 0 bridgehead atoms. The number of imide groups is 1. The third-order valence-electron chi connectivity index (χ3n) is 5.03. The fraction of sp³-hybridized carbons (Fsp3) is 0.474. The minimum absolute atomic E-state index is 0.145. The van der Waals surface area contributed by atoms with Crippen LogP contribution in [0.5, 0.6) is 0 Å². The molecule has 2 fully saturated rings. The summed E-state index contributed by atoms with van der Waals surface area (Å²) in [5, 5.41) is 9.56. The van der Waals surface area contributed by atoms with Gasteiger partial charge in [-0.05, 0) is 49.9 Å². The van der Waals surface area contributed by atoms with Gasteiger partial charge in [-0.1, -0.05) is 29.8 Å². The fourth-order valence-corrected chi connectivity index (χ4v) is 4.55.